The molecule has 0 spiro atoms. The van der Waals surface area contributed by atoms with E-state index in [0.717, 1.165) is 72.2 Å². The van der Waals surface area contributed by atoms with Crippen molar-refractivity contribution in [2.24, 2.45) is 4.99 Å². The molecule has 0 saturated carbocycles. The molecule has 35 heavy (non-hydrogen) atoms. The number of piperidine rings is 1. The van der Waals surface area contributed by atoms with Crippen molar-refractivity contribution < 1.29 is 9.53 Å². The van der Waals surface area contributed by atoms with Crippen LogP contribution < -0.4 is 4.74 Å². The highest BCUT2D eigenvalue weighted by atomic mass is 32.2. The molecule has 5 rings (SSSR count). The number of thioether (sulfide) groups is 1. The Hall–Kier alpha value is -3.32. The van der Waals surface area contributed by atoms with Crippen LogP contribution in [0.15, 0.2) is 70.7 Å². The predicted octanol–water partition coefficient (Wildman–Crippen LogP) is 6.17. The van der Waals surface area contributed by atoms with E-state index in [4.69, 9.17) is 9.84 Å². The lowest BCUT2D eigenvalue weighted by molar-refractivity contribution is -0.113. The van der Waals surface area contributed by atoms with Crippen molar-refractivity contribution in [2.45, 2.75) is 39.0 Å². The lowest BCUT2D eigenvalue weighted by atomic mass is 10.1. The van der Waals surface area contributed by atoms with Gasteiger partial charge in [0.25, 0.3) is 5.91 Å². The molecule has 1 saturated heterocycles. The van der Waals surface area contributed by atoms with Gasteiger partial charge in [0.15, 0.2) is 5.17 Å². The molecule has 3 aromatic rings. The van der Waals surface area contributed by atoms with E-state index in [1.807, 2.05) is 71.6 Å². The van der Waals surface area contributed by atoms with Crippen molar-refractivity contribution in [3.05, 3.63) is 71.3 Å². The normalized spacial score (nSPS) is 17.2. The van der Waals surface area contributed by atoms with Crippen LogP contribution in [0.5, 0.6) is 5.75 Å². The minimum Gasteiger partial charge on any atom is -0.494 e. The van der Waals surface area contributed by atoms with Gasteiger partial charge in [0.05, 0.1) is 17.2 Å². The van der Waals surface area contributed by atoms with Crippen LogP contribution in [0.3, 0.4) is 0 Å². The summed E-state index contributed by atoms with van der Waals surface area (Å²) in [4.78, 5) is 20.0. The van der Waals surface area contributed by atoms with E-state index in [1.165, 1.54) is 18.2 Å². The van der Waals surface area contributed by atoms with Crippen molar-refractivity contribution in [2.75, 3.05) is 19.7 Å². The second-order valence-corrected chi connectivity index (χ2v) is 9.81. The van der Waals surface area contributed by atoms with Gasteiger partial charge >= 0.3 is 0 Å². The third-order valence-corrected chi connectivity index (χ3v) is 7.20. The first-order valence-corrected chi connectivity index (χ1v) is 13.2. The summed E-state index contributed by atoms with van der Waals surface area (Å²) in [6.45, 7) is 4.78. The number of ether oxygens (including phenoxy) is 1. The number of amidine groups is 1. The maximum atomic E-state index is 12.8. The number of benzene rings is 2. The minimum atomic E-state index is -0.175. The molecule has 0 N–H and O–H groups in total. The highest BCUT2D eigenvalue weighted by Gasteiger charge is 2.27. The molecule has 6 nitrogen and oxygen atoms in total. The predicted molar refractivity (Wildman–Crippen MR) is 143 cm³/mol. The molecule has 0 radical (unpaired) electrons. The zero-order chi connectivity index (χ0) is 24.0. The molecule has 7 heteroatoms. The number of nitrogens with zero attached hydrogens (tertiary/aromatic N) is 4. The summed E-state index contributed by atoms with van der Waals surface area (Å²) in [7, 11) is 0. The number of hydrogen-bond acceptors (Lipinski definition) is 5. The highest BCUT2D eigenvalue weighted by Crippen LogP contribution is 2.34. The molecule has 0 unspecified atom stereocenters. The largest absolute Gasteiger partial charge is 0.494 e. The first-order chi connectivity index (χ1) is 17.2. The number of likely N-dealkylation sites (tertiary alicyclic amines) is 1. The van der Waals surface area contributed by atoms with Gasteiger partial charge in [-0.15, -0.1) is 0 Å². The molecule has 2 aliphatic rings. The van der Waals surface area contributed by atoms with Crippen molar-refractivity contribution in [1.29, 1.82) is 0 Å². The summed E-state index contributed by atoms with van der Waals surface area (Å²) in [6, 6.07) is 18.0. The highest BCUT2D eigenvalue weighted by molar-refractivity contribution is 8.18. The summed E-state index contributed by atoms with van der Waals surface area (Å²) in [5.41, 5.74) is 3.60. The van der Waals surface area contributed by atoms with Gasteiger partial charge in [0.2, 0.25) is 0 Å². The van der Waals surface area contributed by atoms with Crippen molar-refractivity contribution >= 4 is 28.9 Å². The Bertz CT molecular complexity index is 1240. The fourth-order valence-corrected chi connectivity index (χ4v) is 5.21. The molecule has 3 heterocycles. The number of unbranched alkanes of at least 4 members (excludes halogenated alkanes) is 1. The van der Waals surface area contributed by atoms with E-state index in [0.29, 0.717) is 11.5 Å². The Morgan fingerprint density at radius 3 is 2.69 bits per heavy atom. The summed E-state index contributed by atoms with van der Waals surface area (Å²) in [5.74, 6) is 0.650. The smallest absolute Gasteiger partial charge is 0.286 e. The molecule has 0 bridgehead atoms. The Labute approximate surface area is 210 Å². The number of para-hydroxylation sites is 1. The van der Waals surface area contributed by atoms with Crippen LogP contribution in [0.2, 0.25) is 0 Å². The second kappa shape index (κ2) is 11.0. The van der Waals surface area contributed by atoms with Gasteiger partial charge in [-0.1, -0.05) is 43.7 Å². The van der Waals surface area contributed by atoms with Gasteiger partial charge in [0.1, 0.15) is 11.4 Å². The first-order valence-electron chi connectivity index (χ1n) is 12.4. The van der Waals surface area contributed by atoms with Crippen LogP contribution in [0, 0.1) is 0 Å². The first kappa shape index (κ1) is 23.4. The summed E-state index contributed by atoms with van der Waals surface area (Å²) >= 11 is 1.47. The third-order valence-electron chi connectivity index (χ3n) is 6.16. The second-order valence-electron chi connectivity index (χ2n) is 8.80. The lowest BCUT2D eigenvalue weighted by Gasteiger charge is -2.27. The SMILES string of the molecule is CCCCOc1cccc(-c2nn(-c3ccccc3)cc2C=C2SC(N3CCCCC3)=NC2=O)c1. The Kier molecular flexibility index (Phi) is 7.33. The topological polar surface area (TPSA) is 59.7 Å². The Morgan fingerprint density at radius 1 is 1.06 bits per heavy atom. The summed E-state index contributed by atoms with van der Waals surface area (Å²) in [6.07, 6.45) is 9.56. The van der Waals surface area contributed by atoms with Crippen LogP contribution in [0.1, 0.15) is 44.6 Å². The van der Waals surface area contributed by atoms with Crippen LogP contribution in [-0.4, -0.2) is 45.5 Å². The number of carbonyl (C=O) groups is 1. The van der Waals surface area contributed by atoms with E-state index in [9.17, 15) is 4.79 Å². The quantitative estimate of drug-likeness (QED) is 0.295. The number of rotatable bonds is 7. The number of hydrogen-bond donors (Lipinski definition) is 0. The van der Waals surface area contributed by atoms with E-state index in [-0.39, 0.29) is 5.91 Å². The van der Waals surface area contributed by atoms with Gasteiger partial charge in [-0.25, -0.2) is 4.68 Å². The maximum Gasteiger partial charge on any atom is 0.286 e. The standard InChI is InChI=1S/C28H30N4O2S/c1-2-3-17-34-24-14-10-11-21(18-24)26-22(20-32(30-26)23-12-6-4-7-13-23)19-25-27(33)29-28(35-25)31-15-8-5-9-16-31/h4,6-7,10-14,18-20H,2-3,5,8-9,15-17H2,1H3. The van der Waals surface area contributed by atoms with Crippen LogP contribution in [0.4, 0.5) is 0 Å². The molecule has 2 aromatic carbocycles. The van der Waals surface area contributed by atoms with E-state index in [2.05, 4.69) is 16.8 Å². The summed E-state index contributed by atoms with van der Waals surface area (Å²) in [5, 5.41) is 5.74. The van der Waals surface area contributed by atoms with Crippen LogP contribution >= 0.6 is 11.8 Å². The molecular weight excluding hydrogens is 456 g/mol. The van der Waals surface area contributed by atoms with E-state index >= 15 is 0 Å². The van der Waals surface area contributed by atoms with Crippen molar-refractivity contribution in [3.63, 3.8) is 0 Å². The molecule has 0 atom stereocenters. The molecule has 1 amide bonds. The van der Waals surface area contributed by atoms with E-state index in [1.54, 1.807) is 0 Å². The zero-order valence-corrected chi connectivity index (χ0v) is 20.8. The maximum absolute atomic E-state index is 12.8. The zero-order valence-electron chi connectivity index (χ0n) is 20.0. The van der Waals surface area contributed by atoms with E-state index < -0.39 is 0 Å². The molecule has 180 valence electrons. The molecule has 2 aliphatic heterocycles. The fourth-order valence-electron chi connectivity index (χ4n) is 4.26. The third kappa shape index (κ3) is 5.51. The molecule has 1 aromatic heterocycles. The van der Waals surface area contributed by atoms with Gasteiger partial charge in [-0.05, 0) is 67.8 Å². The minimum absolute atomic E-state index is 0.175. The van der Waals surface area contributed by atoms with Gasteiger partial charge in [-0.2, -0.15) is 10.1 Å². The van der Waals surface area contributed by atoms with Crippen LogP contribution in [0.25, 0.3) is 23.0 Å². The summed E-state index contributed by atoms with van der Waals surface area (Å²) < 4.78 is 7.80. The number of aliphatic imine (C=N–C) groups is 1. The van der Waals surface area contributed by atoms with Crippen LogP contribution in [-0.2, 0) is 4.79 Å². The number of amides is 1. The average Bonchev–Trinajstić information content (AvgIpc) is 3.49. The molecular formula is C28H30N4O2S. The Morgan fingerprint density at radius 2 is 1.89 bits per heavy atom. The Balaban J connectivity index is 1.48. The van der Waals surface area contributed by atoms with Crippen molar-refractivity contribution in [3.8, 4) is 22.7 Å². The van der Waals surface area contributed by atoms with Crippen molar-refractivity contribution in [1.82, 2.24) is 14.7 Å². The lowest BCUT2D eigenvalue weighted by Crippen LogP contribution is -2.33. The average molecular weight is 487 g/mol. The number of aromatic nitrogens is 2. The molecule has 1 fully saturated rings. The fraction of sp³-hybridized carbons (Fsp3) is 0.321. The number of carbonyl (C=O) groups excluding carboxylic acids is 1. The monoisotopic (exact) mass is 486 g/mol. The van der Waals surface area contributed by atoms with Gasteiger partial charge in [0, 0.05) is 30.4 Å². The molecule has 0 aliphatic carbocycles. The van der Waals surface area contributed by atoms with Gasteiger partial charge < -0.3 is 9.64 Å². The van der Waals surface area contributed by atoms with Gasteiger partial charge in [-0.3, -0.25) is 4.79 Å².